The first-order chi connectivity index (χ1) is 7.83. The molecular formula is C12H14ClNO2. The Hall–Kier alpha value is -1.06. The van der Waals surface area contributed by atoms with Crippen molar-refractivity contribution >= 4 is 23.1 Å². The van der Waals surface area contributed by atoms with Crippen molar-refractivity contribution in [3.05, 3.63) is 29.8 Å². The highest BCUT2D eigenvalue weighted by Crippen LogP contribution is 2.22. The standard InChI is InChI=1S/C12H14ClNO2/c13-9-12(15)10-3-1-2-4-11(10)14-5-7-16-8-6-14/h1-4H,5-9H2. The van der Waals surface area contributed by atoms with Crippen LogP contribution in [-0.4, -0.2) is 38.0 Å². The summed E-state index contributed by atoms with van der Waals surface area (Å²) in [6, 6.07) is 7.60. The molecule has 0 N–H and O–H groups in total. The summed E-state index contributed by atoms with van der Waals surface area (Å²) in [6.45, 7) is 3.08. The van der Waals surface area contributed by atoms with E-state index in [1.54, 1.807) is 0 Å². The fraction of sp³-hybridized carbons (Fsp3) is 0.417. The molecule has 1 aliphatic heterocycles. The van der Waals surface area contributed by atoms with Crippen LogP contribution in [0.2, 0.25) is 0 Å². The van der Waals surface area contributed by atoms with Gasteiger partial charge in [-0.25, -0.2) is 0 Å². The van der Waals surface area contributed by atoms with Crippen molar-refractivity contribution in [2.24, 2.45) is 0 Å². The Morgan fingerprint density at radius 3 is 2.69 bits per heavy atom. The number of anilines is 1. The molecule has 0 bridgehead atoms. The van der Waals surface area contributed by atoms with Crippen LogP contribution >= 0.6 is 11.6 Å². The Labute approximate surface area is 100.0 Å². The molecule has 1 aromatic rings. The molecule has 1 heterocycles. The molecule has 1 aromatic carbocycles. The fourth-order valence-electron chi connectivity index (χ4n) is 1.86. The minimum absolute atomic E-state index is 0.0243. The number of para-hydroxylation sites is 1. The minimum Gasteiger partial charge on any atom is -0.378 e. The number of benzene rings is 1. The third-order valence-electron chi connectivity index (χ3n) is 2.68. The summed E-state index contributed by atoms with van der Waals surface area (Å²) in [5, 5.41) is 0. The summed E-state index contributed by atoms with van der Waals surface area (Å²) in [7, 11) is 0. The zero-order chi connectivity index (χ0) is 11.4. The van der Waals surface area contributed by atoms with Crippen LogP contribution in [0.15, 0.2) is 24.3 Å². The molecular weight excluding hydrogens is 226 g/mol. The fourth-order valence-corrected chi connectivity index (χ4v) is 2.01. The van der Waals surface area contributed by atoms with E-state index in [4.69, 9.17) is 16.3 Å². The molecule has 86 valence electrons. The Kier molecular flexibility index (Phi) is 3.80. The predicted octanol–water partition coefficient (Wildman–Crippen LogP) is 1.94. The van der Waals surface area contributed by atoms with Crippen molar-refractivity contribution in [1.29, 1.82) is 0 Å². The second-order valence-corrected chi connectivity index (χ2v) is 3.94. The lowest BCUT2D eigenvalue weighted by Crippen LogP contribution is -2.37. The van der Waals surface area contributed by atoms with Crippen LogP contribution in [-0.2, 0) is 4.74 Å². The molecule has 0 unspecified atom stereocenters. The van der Waals surface area contributed by atoms with Gasteiger partial charge >= 0.3 is 0 Å². The summed E-state index contributed by atoms with van der Waals surface area (Å²) < 4.78 is 5.30. The van der Waals surface area contributed by atoms with Gasteiger partial charge in [-0.3, -0.25) is 4.79 Å². The van der Waals surface area contributed by atoms with Gasteiger partial charge < -0.3 is 9.64 Å². The number of rotatable bonds is 3. The highest BCUT2D eigenvalue weighted by molar-refractivity contribution is 6.31. The lowest BCUT2D eigenvalue weighted by Gasteiger charge is -2.30. The number of hydrogen-bond acceptors (Lipinski definition) is 3. The monoisotopic (exact) mass is 239 g/mol. The topological polar surface area (TPSA) is 29.5 Å². The van der Waals surface area contributed by atoms with Gasteiger partial charge in [-0.2, -0.15) is 0 Å². The Morgan fingerprint density at radius 1 is 1.31 bits per heavy atom. The SMILES string of the molecule is O=C(CCl)c1ccccc1N1CCOCC1. The molecule has 4 heteroatoms. The number of morpholine rings is 1. The van der Waals surface area contributed by atoms with E-state index in [2.05, 4.69) is 4.90 Å². The normalized spacial score (nSPS) is 16.2. The maximum absolute atomic E-state index is 11.7. The Bertz CT molecular complexity index is 375. The van der Waals surface area contributed by atoms with Crippen LogP contribution in [0.25, 0.3) is 0 Å². The van der Waals surface area contributed by atoms with Gasteiger partial charge in [0.1, 0.15) is 0 Å². The molecule has 0 atom stereocenters. The predicted molar refractivity (Wildman–Crippen MR) is 64.5 cm³/mol. The molecule has 1 fully saturated rings. The van der Waals surface area contributed by atoms with Crippen LogP contribution in [0.1, 0.15) is 10.4 Å². The van der Waals surface area contributed by atoms with Crippen molar-refractivity contribution < 1.29 is 9.53 Å². The Morgan fingerprint density at radius 2 is 2.00 bits per heavy atom. The average molecular weight is 240 g/mol. The van der Waals surface area contributed by atoms with E-state index in [-0.39, 0.29) is 11.7 Å². The second kappa shape index (κ2) is 5.32. The van der Waals surface area contributed by atoms with Gasteiger partial charge in [0.2, 0.25) is 0 Å². The van der Waals surface area contributed by atoms with Gasteiger partial charge in [0.05, 0.1) is 19.1 Å². The molecule has 0 saturated carbocycles. The van der Waals surface area contributed by atoms with Crippen molar-refractivity contribution in [3.8, 4) is 0 Å². The van der Waals surface area contributed by atoms with Crippen molar-refractivity contribution in [2.75, 3.05) is 37.1 Å². The first-order valence-corrected chi connectivity index (χ1v) is 5.87. The van der Waals surface area contributed by atoms with Crippen molar-refractivity contribution in [2.45, 2.75) is 0 Å². The van der Waals surface area contributed by atoms with E-state index < -0.39 is 0 Å². The van der Waals surface area contributed by atoms with Crippen LogP contribution in [0.4, 0.5) is 5.69 Å². The summed E-state index contributed by atoms with van der Waals surface area (Å²) in [5.41, 5.74) is 1.68. The van der Waals surface area contributed by atoms with Gasteiger partial charge in [0.15, 0.2) is 5.78 Å². The third-order valence-corrected chi connectivity index (χ3v) is 2.92. The summed E-state index contributed by atoms with van der Waals surface area (Å²) in [4.78, 5) is 13.9. The molecule has 0 spiro atoms. The van der Waals surface area contributed by atoms with Crippen LogP contribution < -0.4 is 4.90 Å². The highest BCUT2D eigenvalue weighted by Gasteiger charge is 2.17. The summed E-state index contributed by atoms with van der Waals surface area (Å²) in [5.74, 6) is 0.00482. The van der Waals surface area contributed by atoms with Crippen molar-refractivity contribution in [3.63, 3.8) is 0 Å². The number of hydrogen-bond donors (Lipinski definition) is 0. The smallest absolute Gasteiger partial charge is 0.179 e. The maximum Gasteiger partial charge on any atom is 0.179 e. The van der Waals surface area contributed by atoms with Crippen LogP contribution in [0.5, 0.6) is 0 Å². The average Bonchev–Trinajstić information content (AvgIpc) is 2.39. The highest BCUT2D eigenvalue weighted by atomic mass is 35.5. The quantitative estimate of drug-likeness (QED) is 0.597. The molecule has 2 rings (SSSR count). The van der Waals surface area contributed by atoms with E-state index in [9.17, 15) is 4.79 Å². The first-order valence-electron chi connectivity index (χ1n) is 5.34. The molecule has 0 amide bonds. The molecule has 3 nitrogen and oxygen atoms in total. The molecule has 16 heavy (non-hydrogen) atoms. The molecule has 1 saturated heterocycles. The summed E-state index contributed by atoms with van der Waals surface area (Å²) in [6.07, 6.45) is 0. The largest absolute Gasteiger partial charge is 0.378 e. The van der Waals surface area contributed by atoms with Crippen LogP contribution in [0, 0.1) is 0 Å². The number of halogens is 1. The number of ketones is 1. The lowest BCUT2D eigenvalue weighted by molar-refractivity contribution is 0.101. The number of nitrogens with zero attached hydrogens (tertiary/aromatic N) is 1. The minimum atomic E-state index is -0.0243. The van der Waals surface area contributed by atoms with Gasteiger partial charge in [-0.1, -0.05) is 12.1 Å². The van der Waals surface area contributed by atoms with E-state index in [1.165, 1.54) is 0 Å². The molecule has 0 aliphatic carbocycles. The van der Waals surface area contributed by atoms with Gasteiger partial charge in [-0.05, 0) is 12.1 Å². The summed E-state index contributed by atoms with van der Waals surface area (Å²) >= 11 is 5.60. The number of carbonyl (C=O) groups excluding carboxylic acids is 1. The number of Topliss-reactive ketones (excluding diaryl/α,β-unsaturated/α-hetero) is 1. The first kappa shape index (κ1) is 11.4. The van der Waals surface area contributed by atoms with Gasteiger partial charge in [0.25, 0.3) is 0 Å². The zero-order valence-corrected chi connectivity index (χ0v) is 9.74. The second-order valence-electron chi connectivity index (χ2n) is 3.67. The van der Waals surface area contributed by atoms with E-state index in [0.717, 1.165) is 18.8 Å². The number of ether oxygens (including phenoxy) is 1. The number of carbonyl (C=O) groups is 1. The molecule has 0 radical (unpaired) electrons. The lowest BCUT2D eigenvalue weighted by atomic mass is 10.1. The van der Waals surface area contributed by atoms with Gasteiger partial charge in [-0.15, -0.1) is 11.6 Å². The maximum atomic E-state index is 11.7. The van der Waals surface area contributed by atoms with Crippen LogP contribution in [0.3, 0.4) is 0 Å². The van der Waals surface area contributed by atoms with Crippen molar-refractivity contribution in [1.82, 2.24) is 0 Å². The third kappa shape index (κ3) is 2.36. The van der Waals surface area contributed by atoms with Gasteiger partial charge in [0, 0.05) is 24.3 Å². The Balaban J connectivity index is 2.28. The number of alkyl halides is 1. The zero-order valence-electron chi connectivity index (χ0n) is 8.99. The molecule has 0 aromatic heterocycles. The van der Waals surface area contributed by atoms with E-state index in [0.29, 0.717) is 18.8 Å². The van der Waals surface area contributed by atoms with E-state index in [1.807, 2.05) is 24.3 Å². The van der Waals surface area contributed by atoms with E-state index >= 15 is 0 Å². The molecule has 1 aliphatic rings.